The van der Waals surface area contributed by atoms with E-state index in [0.717, 1.165) is 30.1 Å². The smallest absolute Gasteiger partial charge is 0.0594 e. The summed E-state index contributed by atoms with van der Waals surface area (Å²) in [6.45, 7) is 19.8. The first kappa shape index (κ1) is 23.4. The van der Waals surface area contributed by atoms with Crippen molar-refractivity contribution in [3.05, 3.63) is 11.6 Å². The highest BCUT2D eigenvalue weighted by molar-refractivity contribution is 5.30. The molecule has 182 valence electrons. The van der Waals surface area contributed by atoms with Gasteiger partial charge in [0, 0.05) is 0 Å². The van der Waals surface area contributed by atoms with Gasteiger partial charge >= 0.3 is 0 Å². The Balaban J connectivity index is 1.41. The molecule has 1 nitrogen and oxygen atoms in total. The topological polar surface area (TPSA) is 20.2 Å². The second-order valence-corrected chi connectivity index (χ2v) is 14.8. The normalized spacial score (nSPS) is 52.6. The number of aliphatic hydroxyl groups excluding tert-OH is 1. The van der Waals surface area contributed by atoms with Crippen LogP contribution in [0.1, 0.15) is 120 Å². The largest absolute Gasteiger partial charge is 0.393 e. The summed E-state index contributed by atoms with van der Waals surface area (Å²) < 4.78 is 0. The highest BCUT2D eigenvalue weighted by Gasteiger charge is 2.82. The van der Waals surface area contributed by atoms with E-state index in [-0.39, 0.29) is 11.5 Å². The van der Waals surface area contributed by atoms with Crippen LogP contribution in [0.3, 0.4) is 0 Å². The highest BCUT2D eigenvalue weighted by Crippen LogP contribution is 2.89. The maximum atomic E-state index is 10.9. The molecule has 1 heteroatoms. The third kappa shape index (κ3) is 2.73. The van der Waals surface area contributed by atoms with Crippen LogP contribution in [-0.2, 0) is 0 Å². The molecule has 2 unspecified atom stereocenters. The predicted octanol–water partition coefficient (Wildman–Crippen LogP) is 8.41. The minimum atomic E-state index is -0.0872. The zero-order valence-electron chi connectivity index (χ0n) is 22.6. The average Bonchev–Trinajstić information content (AvgIpc) is 3.31. The number of fused-ring (bicyclic) bond motifs is 2. The minimum absolute atomic E-state index is 0.0872. The Bertz CT molecular complexity index is 792. The van der Waals surface area contributed by atoms with Crippen molar-refractivity contribution in [3.8, 4) is 0 Å². The molecule has 0 bridgehead atoms. The van der Waals surface area contributed by atoms with E-state index in [9.17, 15) is 5.11 Å². The van der Waals surface area contributed by atoms with Crippen LogP contribution in [0.5, 0.6) is 0 Å². The van der Waals surface area contributed by atoms with Gasteiger partial charge in [-0.3, -0.25) is 0 Å². The fourth-order valence-electron chi connectivity index (χ4n) is 11.1. The Morgan fingerprint density at radius 2 is 1.50 bits per heavy atom. The first-order chi connectivity index (χ1) is 14.9. The van der Waals surface area contributed by atoms with Gasteiger partial charge in [-0.15, -0.1) is 0 Å². The van der Waals surface area contributed by atoms with Gasteiger partial charge < -0.3 is 5.11 Å². The lowest BCUT2D eigenvalue weighted by Gasteiger charge is -2.63. The van der Waals surface area contributed by atoms with Crippen LogP contribution in [-0.4, -0.2) is 11.2 Å². The number of allylic oxidation sites excluding steroid dienone is 2. The van der Waals surface area contributed by atoms with E-state index >= 15 is 0 Å². The molecule has 0 aromatic rings. The molecular formula is C31H52O. The van der Waals surface area contributed by atoms with Crippen LogP contribution >= 0.6 is 0 Å². The van der Waals surface area contributed by atoms with E-state index in [4.69, 9.17) is 0 Å². The van der Waals surface area contributed by atoms with Crippen molar-refractivity contribution >= 4 is 0 Å². The number of aliphatic hydroxyl groups is 1. The van der Waals surface area contributed by atoms with E-state index in [1.807, 2.05) is 0 Å². The van der Waals surface area contributed by atoms with Gasteiger partial charge in [-0.05, 0) is 128 Å². The summed E-state index contributed by atoms with van der Waals surface area (Å²) in [5, 5.41) is 10.9. The Kier molecular flexibility index (Phi) is 5.21. The third-order valence-electron chi connectivity index (χ3n) is 13.6. The Hall–Kier alpha value is -0.300. The Morgan fingerprint density at radius 1 is 0.844 bits per heavy atom. The zero-order valence-corrected chi connectivity index (χ0v) is 22.6. The van der Waals surface area contributed by atoms with E-state index in [1.54, 1.807) is 5.57 Å². The van der Waals surface area contributed by atoms with E-state index in [1.165, 1.54) is 57.8 Å². The molecule has 5 fully saturated rings. The van der Waals surface area contributed by atoms with Gasteiger partial charge in [0.1, 0.15) is 0 Å². The fourth-order valence-corrected chi connectivity index (χ4v) is 11.1. The molecule has 9 atom stereocenters. The quantitative estimate of drug-likeness (QED) is 0.435. The number of hydrogen-bond donors (Lipinski definition) is 1. The van der Waals surface area contributed by atoms with Crippen LogP contribution in [0.25, 0.3) is 0 Å². The standard InChI is InChI=1S/C31H52O/c1-20(2)21(3)9-10-22(4)23-13-15-29(8)25-12-11-24-27(5,6)26(32)14-16-30(24)19-31(25,30)18-17-28(23,29)7/h9,20,22-26,32H,10-19H2,1-8H3/b21-9+/t22-,23-,24?,25+,26+,28-,29?,30-,31+/m1/s1. The van der Waals surface area contributed by atoms with Crippen molar-refractivity contribution < 1.29 is 5.11 Å². The molecule has 0 saturated heterocycles. The Morgan fingerprint density at radius 3 is 2.19 bits per heavy atom. The van der Waals surface area contributed by atoms with E-state index in [2.05, 4.69) is 61.5 Å². The summed E-state index contributed by atoms with van der Waals surface area (Å²) in [4.78, 5) is 0. The highest BCUT2D eigenvalue weighted by atomic mass is 16.3. The van der Waals surface area contributed by atoms with Crippen molar-refractivity contribution in [3.63, 3.8) is 0 Å². The molecule has 5 aliphatic carbocycles. The van der Waals surface area contributed by atoms with Crippen LogP contribution in [0, 0.1) is 56.7 Å². The molecule has 2 spiro atoms. The van der Waals surface area contributed by atoms with Crippen LogP contribution < -0.4 is 0 Å². The average molecular weight is 441 g/mol. The predicted molar refractivity (Wildman–Crippen MR) is 135 cm³/mol. The number of rotatable bonds is 4. The molecule has 0 aliphatic heterocycles. The van der Waals surface area contributed by atoms with Crippen LogP contribution in [0.15, 0.2) is 11.6 Å². The molecule has 5 aliphatic rings. The summed E-state index contributed by atoms with van der Waals surface area (Å²) in [5.74, 6) is 4.06. The van der Waals surface area contributed by atoms with Gasteiger partial charge in [-0.25, -0.2) is 0 Å². The van der Waals surface area contributed by atoms with E-state index < -0.39 is 0 Å². The summed E-state index contributed by atoms with van der Waals surface area (Å²) in [7, 11) is 0. The molecule has 1 N–H and O–H groups in total. The summed E-state index contributed by atoms with van der Waals surface area (Å²) in [5.41, 5.74) is 3.92. The molecular weight excluding hydrogens is 388 g/mol. The molecule has 5 rings (SSSR count). The van der Waals surface area contributed by atoms with Gasteiger partial charge in [-0.2, -0.15) is 0 Å². The van der Waals surface area contributed by atoms with Gasteiger partial charge in [0.05, 0.1) is 6.10 Å². The summed E-state index contributed by atoms with van der Waals surface area (Å²) in [6, 6.07) is 0. The molecule has 0 amide bonds. The first-order valence-corrected chi connectivity index (χ1v) is 14.2. The van der Waals surface area contributed by atoms with E-state index in [0.29, 0.717) is 27.6 Å². The first-order valence-electron chi connectivity index (χ1n) is 14.2. The Labute approximate surface area is 199 Å². The van der Waals surface area contributed by atoms with Crippen molar-refractivity contribution in [2.24, 2.45) is 56.7 Å². The zero-order chi connectivity index (χ0) is 23.3. The summed E-state index contributed by atoms with van der Waals surface area (Å²) >= 11 is 0. The van der Waals surface area contributed by atoms with Gasteiger partial charge in [-0.1, -0.05) is 60.1 Å². The van der Waals surface area contributed by atoms with Crippen molar-refractivity contribution in [1.82, 2.24) is 0 Å². The SMILES string of the molecule is C/C(=C\C[C@@H](C)[C@H]1CCC2(C)[C@@H]3CCC4C(C)(C)[C@@H](O)CC[C@@]45C[C@@]35CC[C@]12C)C(C)C. The lowest BCUT2D eigenvalue weighted by molar-refractivity contribution is -0.161. The summed E-state index contributed by atoms with van der Waals surface area (Å²) in [6.07, 6.45) is 16.3. The lowest BCUT2D eigenvalue weighted by Crippen LogP contribution is -2.57. The van der Waals surface area contributed by atoms with Gasteiger partial charge in [0.15, 0.2) is 0 Å². The van der Waals surface area contributed by atoms with Gasteiger partial charge in [0.2, 0.25) is 0 Å². The number of hydrogen-bond acceptors (Lipinski definition) is 1. The maximum absolute atomic E-state index is 10.9. The van der Waals surface area contributed by atoms with Gasteiger partial charge in [0.25, 0.3) is 0 Å². The van der Waals surface area contributed by atoms with Crippen LogP contribution in [0.4, 0.5) is 0 Å². The molecule has 0 heterocycles. The second-order valence-electron chi connectivity index (χ2n) is 14.8. The molecule has 0 aromatic carbocycles. The monoisotopic (exact) mass is 440 g/mol. The second kappa shape index (κ2) is 7.11. The maximum Gasteiger partial charge on any atom is 0.0594 e. The molecule has 0 aromatic heterocycles. The van der Waals surface area contributed by atoms with Crippen molar-refractivity contribution in [2.45, 2.75) is 126 Å². The molecule has 32 heavy (non-hydrogen) atoms. The molecule has 5 saturated carbocycles. The molecule has 0 radical (unpaired) electrons. The minimum Gasteiger partial charge on any atom is -0.393 e. The van der Waals surface area contributed by atoms with Crippen molar-refractivity contribution in [1.29, 1.82) is 0 Å². The lowest BCUT2D eigenvalue weighted by atomic mass is 9.41. The van der Waals surface area contributed by atoms with Crippen molar-refractivity contribution in [2.75, 3.05) is 0 Å². The van der Waals surface area contributed by atoms with Crippen LogP contribution in [0.2, 0.25) is 0 Å². The fraction of sp³-hybridized carbons (Fsp3) is 0.935. The third-order valence-corrected chi connectivity index (χ3v) is 13.6.